The van der Waals surface area contributed by atoms with E-state index < -0.39 is 0 Å². The molecule has 1 aliphatic carbocycles. The molecular weight excluding hydrogens is 284 g/mol. The second kappa shape index (κ2) is 7.00. The molecule has 1 aromatic carbocycles. The van der Waals surface area contributed by atoms with Gasteiger partial charge in [0.15, 0.2) is 0 Å². The minimum atomic E-state index is -0.272. The average Bonchev–Trinajstić information content (AvgIpc) is 2.50. The van der Waals surface area contributed by atoms with E-state index in [1.165, 1.54) is 0 Å². The fraction of sp³-hybridized carbons (Fsp3) is 0.500. The van der Waals surface area contributed by atoms with Crippen LogP contribution in [0.3, 0.4) is 0 Å². The maximum Gasteiger partial charge on any atom is 0.266 e. The molecule has 1 N–H and O–H groups in total. The minimum absolute atomic E-state index is 0.272. The van der Waals surface area contributed by atoms with Gasteiger partial charge in [-0.15, -0.1) is 0 Å². The smallest absolute Gasteiger partial charge is 0.266 e. The first-order valence-corrected chi connectivity index (χ1v) is 8.32. The molecule has 0 unspecified atom stereocenters. The summed E-state index contributed by atoms with van der Waals surface area (Å²) in [6, 6.07) is 9.76. The van der Waals surface area contributed by atoms with E-state index in [1.807, 2.05) is 31.2 Å². The van der Waals surface area contributed by atoms with Crippen molar-refractivity contribution in [3.8, 4) is 6.07 Å². The highest BCUT2D eigenvalue weighted by Gasteiger charge is 2.29. The zero-order chi connectivity index (χ0) is 17.0. The minimum Gasteiger partial charge on any atom is -0.321 e. The second-order valence-electron chi connectivity index (χ2n) is 7.50. The van der Waals surface area contributed by atoms with Gasteiger partial charge in [-0.05, 0) is 61.1 Å². The molecule has 1 amide bonds. The summed E-state index contributed by atoms with van der Waals surface area (Å²) in [5, 5.41) is 12.3. The summed E-state index contributed by atoms with van der Waals surface area (Å²) in [4.78, 5) is 12.5. The Morgan fingerprint density at radius 1 is 1.22 bits per heavy atom. The Morgan fingerprint density at radius 2 is 1.83 bits per heavy atom. The summed E-state index contributed by atoms with van der Waals surface area (Å²) in [6.45, 7) is 8.75. The monoisotopic (exact) mass is 310 g/mol. The summed E-state index contributed by atoms with van der Waals surface area (Å²) in [5.41, 5.74) is 3.38. The number of benzene rings is 1. The molecule has 23 heavy (non-hydrogen) atoms. The van der Waals surface area contributed by atoms with Crippen molar-refractivity contribution in [1.29, 1.82) is 5.26 Å². The number of anilines is 1. The number of para-hydroxylation sites is 1. The van der Waals surface area contributed by atoms with E-state index >= 15 is 0 Å². The van der Waals surface area contributed by atoms with Gasteiger partial charge < -0.3 is 5.32 Å². The van der Waals surface area contributed by atoms with Crippen LogP contribution in [0.2, 0.25) is 0 Å². The lowest BCUT2D eigenvalue weighted by molar-refractivity contribution is -0.112. The number of amides is 1. The third-order valence-corrected chi connectivity index (χ3v) is 4.90. The molecule has 0 radical (unpaired) electrons. The topological polar surface area (TPSA) is 52.9 Å². The maximum absolute atomic E-state index is 12.5. The molecule has 0 heterocycles. The van der Waals surface area contributed by atoms with Crippen molar-refractivity contribution in [3.05, 3.63) is 41.0 Å². The summed E-state index contributed by atoms with van der Waals surface area (Å²) in [6.07, 6.45) is 3.82. The number of allylic oxidation sites excluding steroid dienone is 1. The number of nitrogens with one attached hydrogen (secondary N) is 1. The summed E-state index contributed by atoms with van der Waals surface area (Å²) in [5.74, 6) is 0.386. The molecule has 1 aliphatic rings. The van der Waals surface area contributed by atoms with E-state index in [2.05, 4.69) is 32.2 Å². The number of hydrogen-bond acceptors (Lipinski definition) is 2. The molecule has 2 rings (SSSR count). The van der Waals surface area contributed by atoms with Gasteiger partial charge >= 0.3 is 0 Å². The van der Waals surface area contributed by atoms with Crippen LogP contribution in [0.15, 0.2) is 35.4 Å². The van der Waals surface area contributed by atoms with Gasteiger partial charge in [-0.25, -0.2) is 0 Å². The third-order valence-electron chi connectivity index (χ3n) is 4.90. The molecule has 1 aromatic rings. The Balaban J connectivity index is 2.12. The van der Waals surface area contributed by atoms with Crippen LogP contribution in [0.1, 0.15) is 52.0 Å². The van der Waals surface area contributed by atoms with Gasteiger partial charge in [0.25, 0.3) is 5.91 Å². The molecular formula is C20H26N2O. The number of hydrogen-bond donors (Lipinski definition) is 1. The molecule has 3 nitrogen and oxygen atoms in total. The van der Waals surface area contributed by atoms with Crippen LogP contribution in [0.4, 0.5) is 5.69 Å². The van der Waals surface area contributed by atoms with Crippen LogP contribution >= 0.6 is 0 Å². The van der Waals surface area contributed by atoms with Crippen LogP contribution in [0.25, 0.3) is 0 Å². The Hall–Kier alpha value is -2.08. The van der Waals surface area contributed by atoms with E-state index in [4.69, 9.17) is 0 Å². The predicted octanol–water partition coefficient (Wildman–Crippen LogP) is 4.99. The average molecular weight is 310 g/mol. The van der Waals surface area contributed by atoms with Gasteiger partial charge in [-0.3, -0.25) is 4.79 Å². The van der Waals surface area contributed by atoms with Gasteiger partial charge in [0.05, 0.1) is 0 Å². The van der Waals surface area contributed by atoms with Crippen LogP contribution in [-0.4, -0.2) is 5.91 Å². The van der Waals surface area contributed by atoms with E-state index in [-0.39, 0.29) is 5.91 Å². The van der Waals surface area contributed by atoms with Gasteiger partial charge in [-0.2, -0.15) is 5.26 Å². The molecule has 0 aromatic heterocycles. The first-order chi connectivity index (χ1) is 10.8. The van der Waals surface area contributed by atoms with Crippen LogP contribution in [0, 0.1) is 29.6 Å². The number of aryl methyl sites for hydroxylation is 1. The number of rotatable bonds is 2. The summed E-state index contributed by atoms with van der Waals surface area (Å²) in [7, 11) is 0. The second-order valence-corrected chi connectivity index (χ2v) is 7.50. The Bertz CT molecular complexity index is 649. The van der Waals surface area contributed by atoms with E-state index in [9.17, 15) is 10.1 Å². The molecule has 1 fully saturated rings. The van der Waals surface area contributed by atoms with Crippen molar-refractivity contribution in [2.24, 2.45) is 11.3 Å². The zero-order valence-electron chi connectivity index (χ0n) is 14.6. The normalized spacial score (nSPS) is 18.2. The zero-order valence-corrected chi connectivity index (χ0v) is 14.6. The molecule has 3 heteroatoms. The highest BCUT2D eigenvalue weighted by molar-refractivity contribution is 6.07. The Kier molecular flexibility index (Phi) is 5.26. The van der Waals surface area contributed by atoms with Crippen molar-refractivity contribution in [3.63, 3.8) is 0 Å². The Labute approximate surface area is 139 Å². The van der Waals surface area contributed by atoms with E-state index in [0.717, 1.165) is 42.5 Å². The molecule has 0 spiro atoms. The molecule has 0 bridgehead atoms. The lowest BCUT2D eigenvalue weighted by Gasteiger charge is -2.35. The first kappa shape index (κ1) is 17.3. The van der Waals surface area contributed by atoms with Crippen LogP contribution < -0.4 is 5.32 Å². The number of carbonyl (C=O) groups is 1. The lowest BCUT2D eigenvalue weighted by atomic mass is 9.71. The standard InChI is InChI=1S/C20H26N2O/c1-14-7-5-6-8-18(14)22-19(23)17(13-21)15-9-11-16(12-10-15)20(2,3)4/h5-8,16H,9-12H2,1-4H3,(H,22,23). The number of nitriles is 1. The van der Waals surface area contributed by atoms with Gasteiger partial charge in [0.1, 0.15) is 11.6 Å². The van der Waals surface area contributed by atoms with E-state index in [1.54, 1.807) is 0 Å². The van der Waals surface area contributed by atoms with Crippen molar-refractivity contribution in [2.75, 3.05) is 5.32 Å². The largest absolute Gasteiger partial charge is 0.321 e. The van der Waals surface area contributed by atoms with Crippen molar-refractivity contribution in [1.82, 2.24) is 0 Å². The molecule has 0 atom stereocenters. The van der Waals surface area contributed by atoms with Crippen LogP contribution in [-0.2, 0) is 4.79 Å². The molecule has 122 valence electrons. The SMILES string of the molecule is Cc1ccccc1NC(=O)C(C#N)=C1CCC(C(C)(C)C)CC1. The molecule has 0 saturated heterocycles. The van der Waals surface area contributed by atoms with Crippen LogP contribution in [0.5, 0.6) is 0 Å². The fourth-order valence-corrected chi connectivity index (χ4v) is 3.27. The highest BCUT2D eigenvalue weighted by Crippen LogP contribution is 2.40. The highest BCUT2D eigenvalue weighted by atomic mass is 16.1. The van der Waals surface area contributed by atoms with Crippen molar-refractivity contribution < 1.29 is 4.79 Å². The van der Waals surface area contributed by atoms with E-state index in [0.29, 0.717) is 16.9 Å². The fourth-order valence-electron chi connectivity index (χ4n) is 3.27. The molecule has 1 saturated carbocycles. The third kappa shape index (κ3) is 4.22. The maximum atomic E-state index is 12.5. The lowest BCUT2D eigenvalue weighted by Crippen LogP contribution is -2.25. The summed E-state index contributed by atoms with van der Waals surface area (Å²) < 4.78 is 0. The van der Waals surface area contributed by atoms with Gasteiger partial charge in [-0.1, -0.05) is 39.0 Å². The predicted molar refractivity (Wildman–Crippen MR) is 93.9 cm³/mol. The molecule has 0 aliphatic heterocycles. The van der Waals surface area contributed by atoms with Gasteiger partial charge in [0.2, 0.25) is 0 Å². The number of nitrogens with zero attached hydrogens (tertiary/aromatic N) is 1. The summed E-state index contributed by atoms with van der Waals surface area (Å²) >= 11 is 0. The van der Waals surface area contributed by atoms with Crippen molar-refractivity contribution >= 4 is 11.6 Å². The Morgan fingerprint density at radius 3 is 2.35 bits per heavy atom. The van der Waals surface area contributed by atoms with Crippen molar-refractivity contribution in [2.45, 2.75) is 53.4 Å². The quantitative estimate of drug-likeness (QED) is 0.618. The number of carbonyl (C=O) groups excluding carboxylic acids is 1. The first-order valence-electron chi connectivity index (χ1n) is 8.32. The van der Waals surface area contributed by atoms with Gasteiger partial charge in [0, 0.05) is 5.69 Å².